The molecule has 2 N–H and O–H groups in total. The molecule has 0 heterocycles. The quantitative estimate of drug-likeness (QED) is 0.626. The molecule has 98 valence electrons. The van der Waals surface area contributed by atoms with Crippen LogP contribution in [0.4, 0.5) is 0 Å². The Morgan fingerprint density at radius 1 is 1.33 bits per heavy atom. The summed E-state index contributed by atoms with van der Waals surface area (Å²) < 4.78 is 0. The van der Waals surface area contributed by atoms with E-state index in [2.05, 4.69) is 38.1 Å². The number of nitrogens with two attached hydrogens (primary N) is 1. The third kappa shape index (κ3) is 4.36. The minimum absolute atomic E-state index is 0.635. The van der Waals surface area contributed by atoms with Crippen LogP contribution in [-0.4, -0.2) is 11.3 Å². The Kier molecular flexibility index (Phi) is 5.71. The van der Waals surface area contributed by atoms with Gasteiger partial charge in [0.15, 0.2) is 0 Å². The Balaban J connectivity index is 2.39. The molecule has 0 saturated heterocycles. The maximum Gasteiger partial charge on any atom is 0.104 e. The average molecular weight is 262 g/mol. The van der Waals surface area contributed by atoms with Gasteiger partial charge in [-0.05, 0) is 62.1 Å². The van der Waals surface area contributed by atoms with Crippen LogP contribution in [0.1, 0.15) is 37.3 Å². The largest absolute Gasteiger partial charge is 0.313 e. The Bertz CT molecular complexity index is 437. The Morgan fingerprint density at radius 2 is 2.06 bits per heavy atom. The van der Waals surface area contributed by atoms with Crippen molar-refractivity contribution in [2.45, 2.75) is 50.5 Å². The van der Waals surface area contributed by atoms with Crippen LogP contribution < -0.4 is 5.73 Å². The van der Waals surface area contributed by atoms with Gasteiger partial charge in [0.25, 0.3) is 0 Å². The van der Waals surface area contributed by atoms with Gasteiger partial charge in [0.2, 0.25) is 0 Å². The first kappa shape index (κ1) is 15.1. The molecule has 18 heavy (non-hydrogen) atoms. The number of benzene rings is 1. The summed E-state index contributed by atoms with van der Waals surface area (Å²) in [5.41, 5.74) is 7.98. The van der Waals surface area contributed by atoms with Crippen molar-refractivity contribution in [2.75, 3.05) is 5.75 Å². The van der Waals surface area contributed by atoms with E-state index in [-0.39, 0.29) is 0 Å². The number of hydrogen-bond acceptors (Lipinski definition) is 3. The molecule has 0 aliphatic rings. The van der Waals surface area contributed by atoms with Gasteiger partial charge < -0.3 is 5.73 Å². The van der Waals surface area contributed by atoms with Crippen LogP contribution in [0.3, 0.4) is 0 Å². The summed E-state index contributed by atoms with van der Waals surface area (Å²) in [7, 11) is 0. The normalized spacial score (nSPS) is 13.9. The van der Waals surface area contributed by atoms with E-state index >= 15 is 0 Å². The molecule has 0 aliphatic carbocycles. The molecule has 0 fully saturated rings. The molecule has 2 nitrogen and oxygen atoms in total. The smallest absolute Gasteiger partial charge is 0.104 e. The van der Waals surface area contributed by atoms with Crippen molar-refractivity contribution < 1.29 is 0 Å². The number of aryl methyl sites for hydroxylation is 2. The summed E-state index contributed by atoms with van der Waals surface area (Å²) in [5.74, 6) is 1.02. The van der Waals surface area contributed by atoms with E-state index in [4.69, 9.17) is 11.0 Å². The predicted octanol–water partition coefficient (Wildman–Crippen LogP) is 3.81. The zero-order valence-electron chi connectivity index (χ0n) is 11.5. The van der Waals surface area contributed by atoms with Crippen LogP contribution in [-0.2, 0) is 0 Å². The van der Waals surface area contributed by atoms with Gasteiger partial charge in [-0.2, -0.15) is 5.26 Å². The van der Waals surface area contributed by atoms with Gasteiger partial charge in [0.1, 0.15) is 5.54 Å². The molecule has 1 unspecified atom stereocenters. The first-order valence-electron chi connectivity index (χ1n) is 6.41. The highest BCUT2D eigenvalue weighted by molar-refractivity contribution is 7.99. The molecular weight excluding hydrogens is 240 g/mol. The fraction of sp³-hybridized carbons (Fsp3) is 0.533. The zero-order chi connectivity index (χ0) is 13.6. The standard InChI is InChI=1S/C15H22N2S/c1-4-15(17,11-16)8-5-9-18-14-7-6-12(2)13(3)10-14/h6-7,10H,4-5,8-9,17H2,1-3H3. The summed E-state index contributed by atoms with van der Waals surface area (Å²) in [5, 5.41) is 8.99. The van der Waals surface area contributed by atoms with E-state index in [0.717, 1.165) is 25.0 Å². The lowest BCUT2D eigenvalue weighted by Crippen LogP contribution is -2.37. The minimum Gasteiger partial charge on any atom is -0.313 e. The van der Waals surface area contributed by atoms with E-state index < -0.39 is 5.54 Å². The van der Waals surface area contributed by atoms with Crippen molar-refractivity contribution >= 4 is 11.8 Å². The molecular formula is C15H22N2S. The Labute approximate surface area is 115 Å². The van der Waals surface area contributed by atoms with Gasteiger partial charge in [-0.25, -0.2) is 0 Å². The highest BCUT2D eigenvalue weighted by atomic mass is 32.2. The third-order valence-electron chi connectivity index (χ3n) is 3.37. The molecule has 0 radical (unpaired) electrons. The van der Waals surface area contributed by atoms with E-state index in [9.17, 15) is 0 Å². The first-order valence-corrected chi connectivity index (χ1v) is 7.39. The number of nitriles is 1. The van der Waals surface area contributed by atoms with Gasteiger partial charge in [-0.1, -0.05) is 13.0 Å². The fourth-order valence-electron chi connectivity index (χ4n) is 1.69. The summed E-state index contributed by atoms with van der Waals surface area (Å²) in [6, 6.07) is 8.75. The molecule has 0 saturated carbocycles. The summed E-state index contributed by atoms with van der Waals surface area (Å²) in [6.45, 7) is 6.23. The summed E-state index contributed by atoms with van der Waals surface area (Å²) in [4.78, 5) is 1.30. The summed E-state index contributed by atoms with van der Waals surface area (Å²) >= 11 is 1.84. The summed E-state index contributed by atoms with van der Waals surface area (Å²) in [6.07, 6.45) is 2.48. The lowest BCUT2D eigenvalue weighted by Gasteiger charge is -2.18. The number of hydrogen-bond donors (Lipinski definition) is 1. The third-order valence-corrected chi connectivity index (χ3v) is 4.45. The highest BCUT2D eigenvalue weighted by Gasteiger charge is 2.20. The lowest BCUT2D eigenvalue weighted by atomic mass is 9.94. The molecule has 3 heteroatoms. The molecule has 0 spiro atoms. The van der Waals surface area contributed by atoms with Crippen LogP contribution in [0.5, 0.6) is 0 Å². The van der Waals surface area contributed by atoms with Crippen molar-refractivity contribution in [3.8, 4) is 6.07 Å². The zero-order valence-corrected chi connectivity index (χ0v) is 12.3. The topological polar surface area (TPSA) is 49.8 Å². The lowest BCUT2D eigenvalue weighted by molar-refractivity contribution is 0.478. The molecule has 1 rings (SSSR count). The van der Waals surface area contributed by atoms with E-state index in [1.165, 1.54) is 16.0 Å². The highest BCUT2D eigenvalue weighted by Crippen LogP contribution is 2.23. The monoisotopic (exact) mass is 262 g/mol. The van der Waals surface area contributed by atoms with Gasteiger partial charge >= 0.3 is 0 Å². The van der Waals surface area contributed by atoms with Crippen LogP contribution in [0.15, 0.2) is 23.1 Å². The first-order chi connectivity index (χ1) is 8.50. The van der Waals surface area contributed by atoms with Crippen LogP contribution in [0.2, 0.25) is 0 Å². The number of nitrogens with zero attached hydrogens (tertiary/aromatic N) is 1. The maximum atomic E-state index is 8.99. The SMILES string of the molecule is CCC(N)(C#N)CCCSc1ccc(C)c(C)c1. The molecule has 1 atom stereocenters. The van der Waals surface area contributed by atoms with Crippen LogP contribution >= 0.6 is 11.8 Å². The van der Waals surface area contributed by atoms with Gasteiger partial charge in [-0.3, -0.25) is 0 Å². The van der Waals surface area contributed by atoms with Crippen molar-refractivity contribution in [1.82, 2.24) is 0 Å². The number of rotatable bonds is 6. The fourth-order valence-corrected chi connectivity index (χ4v) is 2.64. The van der Waals surface area contributed by atoms with Crippen molar-refractivity contribution in [3.63, 3.8) is 0 Å². The molecule has 1 aromatic carbocycles. The van der Waals surface area contributed by atoms with E-state index in [1.807, 2.05) is 18.7 Å². The van der Waals surface area contributed by atoms with Gasteiger partial charge in [0.05, 0.1) is 6.07 Å². The van der Waals surface area contributed by atoms with E-state index in [0.29, 0.717) is 0 Å². The molecule has 0 bridgehead atoms. The van der Waals surface area contributed by atoms with Gasteiger partial charge in [-0.15, -0.1) is 11.8 Å². The second kappa shape index (κ2) is 6.82. The second-order valence-electron chi connectivity index (χ2n) is 4.82. The average Bonchev–Trinajstić information content (AvgIpc) is 2.38. The molecule has 0 aromatic heterocycles. The Morgan fingerprint density at radius 3 is 2.61 bits per heavy atom. The molecule has 0 amide bonds. The minimum atomic E-state index is -0.635. The number of thioether (sulfide) groups is 1. The van der Waals surface area contributed by atoms with Gasteiger partial charge in [0, 0.05) is 4.90 Å². The second-order valence-corrected chi connectivity index (χ2v) is 5.99. The molecule has 1 aromatic rings. The van der Waals surface area contributed by atoms with Crippen LogP contribution in [0, 0.1) is 25.2 Å². The van der Waals surface area contributed by atoms with Crippen molar-refractivity contribution in [2.24, 2.45) is 5.73 Å². The van der Waals surface area contributed by atoms with Crippen molar-refractivity contribution in [3.05, 3.63) is 29.3 Å². The maximum absolute atomic E-state index is 8.99. The van der Waals surface area contributed by atoms with Crippen molar-refractivity contribution in [1.29, 1.82) is 5.26 Å². The molecule has 0 aliphatic heterocycles. The van der Waals surface area contributed by atoms with Crippen LogP contribution in [0.25, 0.3) is 0 Å². The predicted molar refractivity (Wildman–Crippen MR) is 78.7 cm³/mol. The van der Waals surface area contributed by atoms with E-state index in [1.54, 1.807) is 0 Å². The Hall–Kier alpha value is -0.980.